The Morgan fingerprint density at radius 2 is 2.20 bits per heavy atom. The zero-order chi connectivity index (χ0) is 14.5. The predicted octanol–water partition coefficient (Wildman–Crippen LogP) is 1.76. The van der Waals surface area contributed by atoms with E-state index in [9.17, 15) is 8.42 Å². The fourth-order valence-electron chi connectivity index (χ4n) is 1.86. The Kier molecular flexibility index (Phi) is 3.02. The summed E-state index contributed by atoms with van der Waals surface area (Å²) in [6.07, 6.45) is 3.57. The number of halogens is 1. The topological polar surface area (TPSA) is 81.2 Å². The van der Waals surface area contributed by atoms with Crippen LogP contribution in [0.4, 0.5) is 5.82 Å². The summed E-state index contributed by atoms with van der Waals surface area (Å²) in [5.41, 5.74) is 0.527. The molecule has 7 nitrogen and oxygen atoms in total. The third-order valence-electron chi connectivity index (χ3n) is 3.21. The molecule has 0 N–H and O–H groups in total. The first kappa shape index (κ1) is 13.4. The van der Waals surface area contributed by atoms with Gasteiger partial charge in [0.15, 0.2) is 5.82 Å². The quantitative estimate of drug-likeness (QED) is 0.858. The van der Waals surface area contributed by atoms with Crippen molar-refractivity contribution in [3.05, 3.63) is 23.0 Å². The molecule has 0 saturated heterocycles. The third-order valence-corrected chi connectivity index (χ3v) is 5.34. The van der Waals surface area contributed by atoms with Gasteiger partial charge in [0.05, 0.1) is 0 Å². The van der Waals surface area contributed by atoms with Gasteiger partial charge in [0, 0.05) is 32.3 Å². The summed E-state index contributed by atoms with van der Waals surface area (Å²) >= 11 is 6.09. The molecule has 108 valence electrons. The SMILES string of the molecule is CN(c1ccn(C)n1)S(=O)(=O)c1onc(C2CC2)c1Cl. The second-order valence-corrected chi connectivity index (χ2v) is 7.01. The number of aryl methyl sites for hydroxylation is 1. The zero-order valence-corrected chi connectivity index (χ0v) is 12.5. The van der Waals surface area contributed by atoms with Crippen LogP contribution in [0.2, 0.25) is 5.02 Å². The van der Waals surface area contributed by atoms with Gasteiger partial charge in [-0.05, 0) is 12.8 Å². The second kappa shape index (κ2) is 4.49. The molecule has 0 spiro atoms. The summed E-state index contributed by atoms with van der Waals surface area (Å²) in [4.78, 5) is 0. The van der Waals surface area contributed by atoms with Crippen LogP contribution in [0.5, 0.6) is 0 Å². The molecule has 0 atom stereocenters. The summed E-state index contributed by atoms with van der Waals surface area (Å²) in [5, 5.41) is 7.59. The third kappa shape index (κ3) is 2.08. The number of nitrogens with zero attached hydrogens (tertiary/aromatic N) is 4. The highest BCUT2D eigenvalue weighted by atomic mass is 35.5. The van der Waals surface area contributed by atoms with Crippen LogP contribution in [0.3, 0.4) is 0 Å². The minimum atomic E-state index is -3.90. The van der Waals surface area contributed by atoms with Crippen LogP contribution in [0, 0.1) is 0 Å². The fourth-order valence-corrected chi connectivity index (χ4v) is 3.44. The van der Waals surface area contributed by atoms with Gasteiger partial charge >= 0.3 is 10.0 Å². The van der Waals surface area contributed by atoms with Gasteiger partial charge in [0.25, 0.3) is 5.09 Å². The molecule has 0 bridgehead atoms. The molecule has 3 rings (SSSR count). The lowest BCUT2D eigenvalue weighted by Gasteiger charge is -2.14. The Hall–Kier alpha value is -1.54. The van der Waals surface area contributed by atoms with Crippen LogP contribution in [-0.4, -0.2) is 30.4 Å². The van der Waals surface area contributed by atoms with Gasteiger partial charge in [0.1, 0.15) is 10.7 Å². The lowest BCUT2D eigenvalue weighted by Crippen LogP contribution is -2.27. The average molecular weight is 317 g/mol. The van der Waals surface area contributed by atoms with Crippen LogP contribution >= 0.6 is 11.6 Å². The normalized spacial score (nSPS) is 15.6. The van der Waals surface area contributed by atoms with E-state index in [1.807, 2.05) is 0 Å². The molecular formula is C11H13ClN4O3S. The number of sulfonamides is 1. The molecule has 1 aliphatic rings. The molecule has 2 aromatic rings. The van der Waals surface area contributed by atoms with Crippen molar-refractivity contribution in [1.82, 2.24) is 14.9 Å². The maximum absolute atomic E-state index is 12.5. The van der Waals surface area contributed by atoms with Crippen molar-refractivity contribution in [2.75, 3.05) is 11.4 Å². The Labute approximate surface area is 121 Å². The van der Waals surface area contributed by atoms with E-state index >= 15 is 0 Å². The second-order valence-electron chi connectivity index (χ2n) is 4.76. The first-order valence-electron chi connectivity index (χ1n) is 6.05. The highest BCUT2D eigenvalue weighted by Crippen LogP contribution is 2.44. The van der Waals surface area contributed by atoms with Gasteiger partial charge in [-0.15, -0.1) is 0 Å². The van der Waals surface area contributed by atoms with Crippen LogP contribution in [0.15, 0.2) is 21.9 Å². The van der Waals surface area contributed by atoms with Crippen molar-refractivity contribution < 1.29 is 12.9 Å². The summed E-state index contributed by atoms with van der Waals surface area (Å²) in [6.45, 7) is 0. The molecule has 0 unspecified atom stereocenters. The number of hydrogen-bond donors (Lipinski definition) is 0. The first-order chi connectivity index (χ1) is 9.41. The van der Waals surface area contributed by atoms with E-state index in [4.69, 9.17) is 16.1 Å². The summed E-state index contributed by atoms with van der Waals surface area (Å²) in [7, 11) is -0.797. The van der Waals surface area contributed by atoms with E-state index < -0.39 is 10.0 Å². The minimum absolute atomic E-state index is 0.0790. The standard InChI is InChI=1S/C11H13ClN4O3S/c1-15-6-5-8(13-15)16(2)20(17,18)11-9(12)10(14-19-11)7-3-4-7/h5-7H,3-4H2,1-2H3. The van der Waals surface area contributed by atoms with Crippen molar-refractivity contribution in [3.63, 3.8) is 0 Å². The Bertz CT molecular complexity index is 748. The van der Waals surface area contributed by atoms with Crippen LogP contribution in [0.1, 0.15) is 24.5 Å². The van der Waals surface area contributed by atoms with Crippen molar-refractivity contribution in [3.8, 4) is 0 Å². The molecule has 1 fully saturated rings. The number of rotatable bonds is 4. The van der Waals surface area contributed by atoms with E-state index in [-0.39, 0.29) is 21.9 Å². The molecule has 0 radical (unpaired) electrons. The van der Waals surface area contributed by atoms with Crippen LogP contribution in [0.25, 0.3) is 0 Å². The summed E-state index contributed by atoms with van der Waals surface area (Å²) < 4.78 is 32.5. The maximum atomic E-state index is 12.5. The van der Waals surface area contributed by atoms with E-state index in [2.05, 4.69) is 10.3 Å². The number of anilines is 1. The lowest BCUT2D eigenvalue weighted by molar-refractivity contribution is 0.334. The summed E-state index contributed by atoms with van der Waals surface area (Å²) in [6, 6.07) is 1.59. The van der Waals surface area contributed by atoms with Gasteiger partial charge in [0.2, 0.25) is 0 Å². The number of aromatic nitrogens is 3. The smallest absolute Gasteiger partial charge is 0.303 e. The highest BCUT2D eigenvalue weighted by Gasteiger charge is 2.37. The minimum Gasteiger partial charge on any atom is -0.341 e. The van der Waals surface area contributed by atoms with Crippen LogP contribution < -0.4 is 4.31 Å². The van der Waals surface area contributed by atoms with Crippen LogP contribution in [-0.2, 0) is 17.1 Å². The van der Waals surface area contributed by atoms with E-state index in [0.29, 0.717) is 5.69 Å². The average Bonchev–Trinajstić information content (AvgIpc) is 3.02. The molecule has 2 heterocycles. The predicted molar refractivity (Wildman–Crippen MR) is 72.3 cm³/mol. The molecule has 9 heteroatoms. The van der Waals surface area contributed by atoms with E-state index in [1.165, 1.54) is 11.7 Å². The van der Waals surface area contributed by atoms with Crippen molar-refractivity contribution in [2.24, 2.45) is 7.05 Å². The van der Waals surface area contributed by atoms with Crippen molar-refractivity contribution in [2.45, 2.75) is 23.9 Å². The number of hydrogen-bond acceptors (Lipinski definition) is 5. The Morgan fingerprint density at radius 1 is 1.50 bits per heavy atom. The fraction of sp³-hybridized carbons (Fsp3) is 0.455. The Morgan fingerprint density at radius 3 is 2.75 bits per heavy atom. The van der Waals surface area contributed by atoms with Crippen molar-refractivity contribution in [1.29, 1.82) is 0 Å². The molecule has 1 aliphatic carbocycles. The van der Waals surface area contributed by atoms with Gasteiger partial charge in [-0.3, -0.25) is 4.68 Å². The van der Waals surface area contributed by atoms with E-state index in [0.717, 1.165) is 17.1 Å². The van der Waals surface area contributed by atoms with Gasteiger partial charge in [-0.1, -0.05) is 16.8 Å². The molecule has 0 amide bonds. The van der Waals surface area contributed by atoms with E-state index in [1.54, 1.807) is 19.3 Å². The van der Waals surface area contributed by atoms with Crippen molar-refractivity contribution >= 4 is 27.4 Å². The zero-order valence-electron chi connectivity index (χ0n) is 10.9. The monoisotopic (exact) mass is 316 g/mol. The molecular weight excluding hydrogens is 304 g/mol. The van der Waals surface area contributed by atoms with Gasteiger partial charge in [-0.25, -0.2) is 4.31 Å². The lowest BCUT2D eigenvalue weighted by atomic mass is 10.3. The summed E-state index contributed by atoms with van der Waals surface area (Å²) in [5.74, 6) is 0.503. The van der Waals surface area contributed by atoms with Gasteiger partial charge < -0.3 is 4.52 Å². The highest BCUT2D eigenvalue weighted by molar-refractivity contribution is 7.92. The first-order valence-corrected chi connectivity index (χ1v) is 7.86. The molecule has 2 aromatic heterocycles. The molecule has 0 aromatic carbocycles. The molecule has 1 saturated carbocycles. The largest absolute Gasteiger partial charge is 0.341 e. The molecule has 20 heavy (non-hydrogen) atoms. The molecule has 0 aliphatic heterocycles. The van der Waals surface area contributed by atoms with Gasteiger partial charge in [-0.2, -0.15) is 13.5 Å². The maximum Gasteiger partial charge on any atom is 0.303 e. The Balaban J connectivity index is 1.99.